The lowest BCUT2D eigenvalue weighted by molar-refractivity contribution is 0.0686. The van der Waals surface area contributed by atoms with Crippen molar-refractivity contribution in [2.45, 2.75) is 19.0 Å². The average molecular weight is 454 g/mol. The van der Waals surface area contributed by atoms with Gasteiger partial charge in [0.05, 0.1) is 21.6 Å². The Balaban J connectivity index is 1.75. The summed E-state index contributed by atoms with van der Waals surface area (Å²) >= 11 is 14.1. The summed E-state index contributed by atoms with van der Waals surface area (Å²) in [5, 5.41) is 1.49. The fourth-order valence-electron chi connectivity index (χ4n) is 3.51. The molecule has 1 amide bonds. The number of nitrogens with zero attached hydrogens (tertiary/aromatic N) is 1. The van der Waals surface area contributed by atoms with Gasteiger partial charge in [0, 0.05) is 22.7 Å². The van der Waals surface area contributed by atoms with Crippen molar-refractivity contribution in [1.82, 2.24) is 4.90 Å². The lowest BCUT2D eigenvalue weighted by Gasteiger charge is -2.28. The van der Waals surface area contributed by atoms with Crippen LogP contribution in [0.15, 0.2) is 48.5 Å². The van der Waals surface area contributed by atoms with Crippen LogP contribution in [0.2, 0.25) is 10.0 Å². The normalized spacial score (nSPS) is 18.4. The fourth-order valence-corrected chi connectivity index (χ4v) is 7.14. The molecule has 0 bridgehead atoms. The molecule has 2 aromatic carbocycles. The second-order valence-electron chi connectivity index (χ2n) is 6.83. The first-order valence-corrected chi connectivity index (χ1v) is 12.2. The molecule has 4 rings (SSSR count). The Morgan fingerprint density at radius 3 is 2.50 bits per heavy atom. The summed E-state index contributed by atoms with van der Waals surface area (Å²) in [7, 11) is -3.13. The number of rotatable bonds is 4. The lowest BCUT2D eigenvalue weighted by Crippen LogP contribution is -2.40. The maximum Gasteiger partial charge on any atom is 0.266 e. The molecule has 0 radical (unpaired) electrons. The van der Waals surface area contributed by atoms with Crippen LogP contribution in [0, 0.1) is 0 Å². The van der Waals surface area contributed by atoms with E-state index in [9.17, 15) is 13.2 Å². The third-order valence-electron chi connectivity index (χ3n) is 4.91. The minimum atomic E-state index is -3.13. The Bertz CT molecular complexity index is 1140. The number of carbonyl (C=O) groups is 1. The van der Waals surface area contributed by atoms with E-state index in [1.807, 2.05) is 42.5 Å². The minimum Gasteiger partial charge on any atom is -0.330 e. The molecule has 1 aliphatic rings. The van der Waals surface area contributed by atoms with Crippen LogP contribution in [0.5, 0.6) is 0 Å². The number of halogens is 2. The number of sulfone groups is 1. The molecule has 1 aliphatic heterocycles. The van der Waals surface area contributed by atoms with Crippen LogP contribution in [-0.4, -0.2) is 36.8 Å². The summed E-state index contributed by atoms with van der Waals surface area (Å²) in [5.74, 6) is -0.176. The highest BCUT2D eigenvalue weighted by molar-refractivity contribution is 7.91. The molecule has 0 N–H and O–H groups in total. The highest BCUT2D eigenvalue weighted by atomic mass is 35.5. The molecule has 0 saturated carbocycles. The summed E-state index contributed by atoms with van der Waals surface area (Å²) in [6.45, 7) is 0.332. The average Bonchev–Trinajstić information content (AvgIpc) is 3.20. The van der Waals surface area contributed by atoms with Gasteiger partial charge in [-0.1, -0.05) is 59.6 Å². The second kappa shape index (κ2) is 7.67. The topological polar surface area (TPSA) is 54.5 Å². The zero-order chi connectivity index (χ0) is 19.9. The highest BCUT2D eigenvalue weighted by Gasteiger charge is 2.36. The standard InChI is InChI=1S/C20H17Cl2NO3S2/c21-15-7-4-8-16-17(15)18(22)19(27-16)20(24)23(11-13-5-2-1-3-6-13)14-9-10-28(25,26)12-14/h1-8,14H,9-12H2/t14-/m1/s1. The maximum atomic E-state index is 13.5. The van der Waals surface area contributed by atoms with Crippen LogP contribution in [0.1, 0.15) is 21.7 Å². The summed E-state index contributed by atoms with van der Waals surface area (Å²) < 4.78 is 24.9. The van der Waals surface area contributed by atoms with Gasteiger partial charge in [-0.3, -0.25) is 4.79 Å². The van der Waals surface area contributed by atoms with Crippen LogP contribution in [0.4, 0.5) is 0 Å². The van der Waals surface area contributed by atoms with E-state index in [4.69, 9.17) is 23.2 Å². The molecule has 1 saturated heterocycles. The molecule has 1 aromatic heterocycles. The minimum absolute atomic E-state index is 0.0190. The smallest absolute Gasteiger partial charge is 0.266 e. The van der Waals surface area contributed by atoms with Crippen molar-refractivity contribution in [3.63, 3.8) is 0 Å². The molecule has 0 aliphatic carbocycles. The third kappa shape index (κ3) is 3.79. The SMILES string of the molecule is O=C(c1sc2cccc(Cl)c2c1Cl)N(Cc1ccccc1)[C@@H]1CCS(=O)(=O)C1. The molecular formula is C20H17Cl2NO3S2. The van der Waals surface area contributed by atoms with E-state index in [-0.39, 0.29) is 23.5 Å². The van der Waals surface area contributed by atoms with Crippen molar-refractivity contribution >= 4 is 60.4 Å². The molecular weight excluding hydrogens is 437 g/mol. The van der Waals surface area contributed by atoms with Gasteiger partial charge >= 0.3 is 0 Å². The van der Waals surface area contributed by atoms with Crippen molar-refractivity contribution in [2.24, 2.45) is 0 Å². The van der Waals surface area contributed by atoms with Crippen molar-refractivity contribution in [1.29, 1.82) is 0 Å². The Morgan fingerprint density at radius 2 is 1.86 bits per heavy atom. The van der Waals surface area contributed by atoms with Gasteiger partial charge in [0.2, 0.25) is 0 Å². The monoisotopic (exact) mass is 453 g/mol. The molecule has 2 heterocycles. The van der Waals surface area contributed by atoms with Gasteiger partial charge in [-0.05, 0) is 24.1 Å². The molecule has 0 unspecified atom stereocenters. The quantitative estimate of drug-likeness (QED) is 0.555. The molecule has 3 aromatic rings. The summed E-state index contributed by atoms with van der Waals surface area (Å²) in [6.07, 6.45) is 0.435. The number of carbonyl (C=O) groups excluding carboxylic acids is 1. The van der Waals surface area contributed by atoms with Gasteiger partial charge in [-0.15, -0.1) is 11.3 Å². The van der Waals surface area contributed by atoms with Gasteiger partial charge in [0.25, 0.3) is 5.91 Å². The number of hydrogen-bond acceptors (Lipinski definition) is 4. The van der Waals surface area contributed by atoms with Crippen LogP contribution in [-0.2, 0) is 16.4 Å². The lowest BCUT2D eigenvalue weighted by atomic mass is 10.1. The Morgan fingerprint density at radius 1 is 1.11 bits per heavy atom. The highest BCUT2D eigenvalue weighted by Crippen LogP contribution is 2.40. The van der Waals surface area contributed by atoms with Crippen LogP contribution in [0.3, 0.4) is 0 Å². The number of hydrogen-bond donors (Lipinski definition) is 0. The van der Waals surface area contributed by atoms with Gasteiger partial charge in [-0.25, -0.2) is 8.42 Å². The van der Waals surface area contributed by atoms with Crippen molar-refractivity contribution in [2.75, 3.05) is 11.5 Å². The maximum absolute atomic E-state index is 13.5. The Kier molecular flexibility index (Phi) is 5.40. The third-order valence-corrected chi connectivity index (χ3v) is 8.60. The zero-order valence-electron chi connectivity index (χ0n) is 14.8. The predicted molar refractivity (Wildman–Crippen MR) is 115 cm³/mol. The second-order valence-corrected chi connectivity index (χ2v) is 10.9. The number of thiophene rings is 1. The van der Waals surface area contributed by atoms with E-state index in [1.54, 1.807) is 11.0 Å². The first kappa shape index (κ1) is 19.7. The molecule has 28 heavy (non-hydrogen) atoms. The number of fused-ring (bicyclic) bond motifs is 1. The van der Waals surface area contributed by atoms with E-state index in [0.29, 0.717) is 33.3 Å². The van der Waals surface area contributed by atoms with E-state index in [0.717, 1.165) is 10.3 Å². The van der Waals surface area contributed by atoms with Gasteiger partial charge in [0.1, 0.15) is 4.88 Å². The zero-order valence-corrected chi connectivity index (χ0v) is 17.9. The molecule has 4 nitrogen and oxygen atoms in total. The first-order valence-electron chi connectivity index (χ1n) is 8.77. The largest absolute Gasteiger partial charge is 0.330 e. The molecule has 0 spiro atoms. The van der Waals surface area contributed by atoms with Gasteiger partial charge in [0.15, 0.2) is 9.84 Å². The molecule has 1 atom stereocenters. The summed E-state index contributed by atoms with van der Waals surface area (Å²) in [5.41, 5.74) is 0.940. The summed E-state index contributed by atoms with van der Waals surface area (Å²) in [4.78, 5) is 15.5. The van der Waals surface area contributed by atoms with Crippen LogP contribution >= 0.6 is 34.5 Å². The molecule has 8 heteroatoms. The van der Waals surface area contributed by atoms with E-state index in [1.165, 1.54) is 11.3 Å². The van der Waals surface area contributed by atoms with Crippen molar-refractivity contribution in [3.8, 4) is 0 Å². The van der Waals surface area contributed by atoms with Crippen LogP contribution < -0.4 is 0 Å². The van der Waals surface area contributed by atoms with Crippen molar-refractivity contribution in [3.05, 3.63) is 69.0 Å². The first-order chi connectivity index (χ1) is 13.4. The van der Waals surface area contributed by atoms with E-state index >= 15 is 0 Å². The molecule has 146 valence electrons. The Hall–Kier alpha value is -1.60. The molecule has 1 fully saturated rings. The van der Waals surface area contributed by atoms with E-state index < -0.39 is 9.84 Å². The fraction of sp³-hybridized carbons (Fsp3) is 0.250. The van der Waals surface area contributed by atoms with Gasteiger partial charge < -0.3 is 4.90 Å². The number of amides is 1. The predicted octanol–water partition coefficient (Wildman–Crippen LogP) is 5.04. The Labute approximate surface area is 177 Å². The summed E-state index contributed by atoms with van der Waals surface area (Å²) in [6, 6.07) is 14.6. The van der Waals surface area contributed by atoms with E-state index in [2.05, 4.69) is 0 Å². The van der Waals surface area contributed by atoms with Crippen LogP contribution in [0.25, 0.3) is 10.1 Å². The van der Waals surface area contributed by atoms with Crippen molar-refractivity contribution < 1.29 is 13.2 Å². The van der Waals surface area contributed by atoms with Gasteiger partial charge in [-0.2, -0.15) is 0 Å². The number of benzene rings is 2.